The SMILES string of the molecule is Cc1noc(C)c1-c1cnc2c(c1)c(CC1CCN(S(=O)(=O)c3ccccc3)CC1)cn2C. The molecule has 5 rings (SSSR count). The molecule has 0 radical (unpaired) electrons. The van der Waals surface area contributed by atoms with Gasteiger partial charge in [-0.3, -0.25) is 0 Å². The van der Waals surface area contributed by atoms with Gasteiger partial charge in [-0.05, 0) is 62.8 Å². The molecule has 1 saturated heterocycles. The van der Waals surface area contributed by atoms with Crippen molar-refractivity contribution < 1.29 is 12.9 Å². The van der Waals surface area contributed by atoms with E-state index in [-0.39, 0.29) is 0 Å². The van der Waals surface area contributed by atoms with Gasteiger partial charge in [-0.2, -0.15) is 4.31 Å². The number of hydrogen-bond donors (Lipinski definition) is 0. The lowest BCUT2D eigenvalue weighted by Gasteiger charge is -2.31. The van der Waals surface area contributed by atoms with E-state index in [2.05, 4.69) is 22.0 Å². The minimum Gasteiger partial charge on any atom is -0.361 e. The van der Waals surface area contributed by atoms with Crippen LogP contribution in [0.1, 0.15) is 29.9 Å². The van der Waals surface area contributed by atoms with Crippen LogP contribution in [-0.2, 0) is 23.5 Å². The summed E-state index contributed by atoms with van der Waals surface area (Å²) in [6.07, 6.45) is 6.63. The molecule has 33 heavy (non-hydrogen) atoms. The second-order valence-electron chi connectivity index (χ2n) is 8.92. The first-order valence-electron chi connectivity index (χ1n) is 11.3. The molecule has 7 nitrogen and oxygen atoms in total. The first kappa shape index (κ1) is 21.9. The monoisotopic (exact) mass is 464 g/mol. The van der Waals surface area contributed by atoms with Gasteiger partial charge in [0.2, 0.25) is 10.0 Å². The zero-order chi connectivity index (χ0) is 23.2. The Labute approximate surface area is 194 Å². The van der Waals surface area contributed by atoms with Gasteiger partial charge in [0.25, 0.3) is 0 Å². The minimum absolute atomic E-state index is 0.371. The van der Waals surface area contributed by atoms with Crippen LogP contribution in [0.25, 0.3) is 22.2 Å². The first-order valence-corrected chi connectivity index (χ1v) is 12.7. The summed E-state index contributed by atoms with van der Waals surface area (Å²) in [7, 11) is -1.41. The van der Waals surface area contributed by atoms with Crippen LogP contribution < -0.4 is 0 Å². The van der Waals surface area contributed by atoms with E-state index in [0.29, 0.717) is 23.9 Å². The molecule has 1 aliphatic heterocycles. The maximum atomic E-state index is 12.9. The van der Waals surface area contributed by atoms with E-state index in [1.54, 1.807) is 28.6 Å². The molecule has 3 aromatic heterocycles. The van der Waals surface area contributed by atoms with Gasteiger partial charge in [0.1, 0.15) is 11.4 Å². The summed E-state index contributed by atoms with van der Waals surface area (Å²) in [5.41, 5.74) is 5.06. The molecule has 0 N–H and O–H groups in total. The highest BCUT2D eigenvalue weighted by Crippen LogP contribution is 2.33. The number of aromatic nitrogens is 3. The second-order valence-corrected chi connectivity index (χ2v) is 10.9. The molecule has 8 heteroatoms. The molecule has 4 heterocycles. The van der Waals surface area contributed by atoms with Crippen molar-refractivity contribution in [3.8, 4) is 11.1 Å². The van der Waals surface area contributed by atoms with Gasteiger partial charge in [0.15, 0.2) is 0 Å². The Hall–Kier alpha value is -2.97. The van der Waals surface area contributed by atoms with Gasteiger partial charge in [-0.1, -0.05) is 23.4 Å². The van der Waals surface area contributed by atoms with E-state index in [1.807, 2.05) is 33.2 Å². The molecule has 1 fully saturated rings. The number of hydrogen-bond acceptors (Lipinski definition) is 5. The summed E-state index contributed by atoms with van der Waals surface area (Å²) in [4.78, 5) is 5.09. The van der Waals surface area contributed by atoms with Crippen molar-refractivity contribution in [3.05, 3.63) is 65.8 Å². The number of nitrogens with zero attached hydrogens (tertiary/aromatic N) is 4. The molecule has 0 bridgehead atoms. The molecule has 0 atom stereocenters. The predicted molar refractivity (Wildman–Crippen MR) is 127 cm³/mol. The standard InChI is InChI=1S/C25H28N4O3S/c1-17-24(18(2)32-27-17)20-14-23-21(16-28(3)25(23)26-15-20)13-19-9-11-29(12-10-19)33(30,31)22-7-5-4-6-8-22/h4-8,14-16,19H,9-13H2,1-3H3. The average molecular weight is 465 g/mol. The summed E-state index contributed by atoms with van der Waals surface area (Å²) in [6.45, 7) is 4.96. The Morgan fingerprint density at radius 3 is 2.52 bits per heavy atom. The lowest BCUT2D eigenvalue weighted by molar-refractivity contribution is 0.273. The van der Waals surface area contributed by atoms with E-state index >= 15 is 0 Å². The molecular weight excluding hydrogens is 436 g/mol. The maximum Gasteiger partial charge on any atom is 0.243 e. The van der Waals surface area contributed by atoms with E-state index in [1.165, 1.54) is 5.56 Å². The largest absolute Gasteiger partial charge is 0.361 e. The topological polar surface area (TPSA) is 81.2 Å². The minimum atomic E-state index is -3.42. The Kier molecular flexibility index (Phi) is 5.58. The quantitative estimate of drug-likeness (QED) is 0.435. The molecule has 0 amide bonds. The molecule has 1 aliphatic rings. The predicted octanol–water partition coefficient (Wildman–Crippen LogP) is 4.49. The van der Waals surface area contributed by atoms with Crippen LogP contribution in [0.3, 0.4) is 0 Å². The van der Waals surface area contributed by atoms with Crippen LogP contribution >= 0.6 is 0 Å². The van der Waals surface area contributed by atoms with Crippen molar-refractivity contribution in [2.24, 2.45) is 13.0 Å². The zero-order valence-electron chi connectivity index (χ0n) is 19.2. The van der Waals surface area contributed by atoms with Crippen LogP contribution in [0, 0.1) is 19.8 Å². The zero-order valence-corrected chi connectivity index (χ0v) is 20.0. The van der Waals surface area contributed by atoms with Gasteiger partial charge < -0.3 is 9.09 Å². The Morgan fingerprint density at radius 2 is 1.85 bits per heavy atom. The normalized spacial score (nSPS) is 16.0. The molecule has 172 valence electrons. The first-order chi connectivity index (χ1) is 15.8. The molecule has 4 aromatic rings. The van der Waals surface area contributed by atoms with Crippen molar-refractivity contribution in [2.45, 2.75) is 38.0 Å². The van der Waals surface area contributed by atoms with Crippen LogP contribution in [0.15, 0.2) is 58.2 Å². The Balaban J connectivity index is 1.35. The maximum absolute atomic E-state index is 12.9. The number of rotatable bonds is 5. The highest BCUT2D eigenvalue weighted by atomic mass is 32.2. The van der Waals surface area contributed by atoms with Gasteiger partial charge in [-0.25, -0.2) is 13.4 Å². The van der Waals surface area contributed by atoms with Crippen LogP contribution in [0.4, 0.5) is 0 Å². The van der Waals surface area contributed by atoms with Gasteiger partial charge in [-0.15, -0.1) is 0 Å². The summed E-state index contributed by atoms with van der Waals surface area (Å²) in [5, 5.41) is 5.21. The molecule has 0 spiro atoms. The van der Waals surface area contributed by atoms with Crippen LogP contribution in [0.5, 0.6) is 0 Å². The second kappa shape index (κ2) is 8.43. The highest BCUT2D eigenvalue weighted by Gasteiger charge is 2.29. The fraction of sp³-hybridized carbons (Fsp3) is 0.360. The summed E-state index contributed by atoms with van der Waals surface area (Å²) in [6, 6.07) is 10.9. The fourth-order valence-electron chi connectivity index (χ4n) is 4.94. The van der Waals surface area contributed by atoms with Crippen molar-refractivity contribution in [3.63, 3.8) is 0 Å². The Bertz CT molecular complexity index is 1380. The van der Waals surface area contributed by atoms with E-state index in [9.17, 15) is 8.42 Å². The molecule has 1 aromatic carbocycles. The van der Waals surface area contributed by atoms with Gasteiger partial charge in [0, 0.05) is 49.0 Å². The molecule has 0 aliphatic carbocycles. The van der Waals surface area contributed by atoms with Crippen molar-refractivity contribution in [2.75, 3.05) is 13.1 Å². The average Bonchev–Trinajstić information content (AvgIpc) is 3.32. The summed E-state index contributed by atoms with van der Waals surface area (Å²) in [5.74, 6) is 1.22. The van der Waals surface area contributed by atoms with Gasteiger partial charge in [0.05, 0.1) is 10.6 Å². The number of pyridine rings is 1. The van der Waals surface area contributed by atoms with Crippen molar-refractivity contribution in [1.82, 2.24) is 19.0 Å². The highest BCUT2D eigenvalue weighted by molar-refractivity contribution is 7.89. The third-order valence-corrected chi connectivity index (χ3v) is 8.59. The van der Waals surface area contributed by atoms with E-state index in [0.717, 1.165) is 52.9 Å². The van der Waals surface area contributed by atoms with Gasteiger partial charge >= 0.3 is 0 Å². The fourth-order valence-corrected chi connectivity index (χ4v) is 6.43. The third kappa shape index (κ3) is 3.98. The third-order valence-electron chi connectivity index (χ3n) is 6.68. The van der Waals surface area contributed by atoms with Crippen molar-refractivity contribution in [1.29, 1.82) is 0 Å². The Morgan fingerprint density at radius 1 is 1.12 bits per heavy atom. The molecule has 0 unspecified atom stereocenters. The van der Waals surface area contributed by atoms with Crippen LogP contribution in [-0.4, -0.2) is 40.5 Å². The van der Waals surface area contributed by atoms with Crippen LogP contribution in [0.2, 0.25) is 0 Å². The number of aryl methyl sites for hydroxylation is 3. The number of fused-ring (bicyclic) bond motifs is 1. The van der Waals surface area contributed by atoms with E-state index in [4.69, 9.17) is 9.51 Å². The van der Waals surface area contributed by atoms with Crippen molar-refractivity contribution >= 4 is 21.1 Å². The smallest absolute Gasteiger partial charge is 0.243 e. The molecular formula is C25H28N4O3S. The summed E-state index contributed by atoms with van der Waals surface area (Å²) < 4.78 is 34.9. The number of sulfonamides is 1. The number of benzene rings is 1. The summed E-state index contributed by atoms with van der Waals surface area (Å²) >= 11 is 0. The van der Waals surface area contributed by atoms with E-state index < -0.39 is 10.0 Å². The lowest BCUT2D eigenvalue weighted by atomic mass is 9.91. The molecule has 0 saturated carbocycles. The lowest BCUT2D eigenvalue weighted by Crippen LogP contribution is -2.38. The number of piperidine rings is 1.